The quantitative estimate of drug-likeness (QED) is 0.624. The van der Waals surface area contributed by atoms with Gasteiger partial charge in [-0.3, -0.25) is 4.79 Å². The van der Waals surface area contributed by atoms with Crippen LogP contribution in [0.4, 0.5) is 0 Å². The molecule has 0 aliphatic carbocycles. The maximum Gasteiger partial charge on any atom is 0.246 e. The van der Waals surface area contributed by atoms with Gasteiger partial charge in [0.1, 0.15) is 5.75 Å². The second-order valence-corrected chi connectivity index (χ2v) is 6.18. The second kappa shape index (κ2) is 8.31. The van der Waals surface area contributed by atoms with Gasteiger partial charge in [0, 0.05) is 18.7 Å². The highest BCUT2D eigenvalue weighted by Crippen LogP contribution is 2.21. The number of hydrogen-bond acceptors (Lipinski definition) is 5. The number of methoxy groups -OCH3 is 1. The van der Waals surface area contributed by atoms with Crippen LogP contribution in [0, 0.1) is 6.92 Å². The van der Waals surface area contributed by atoms with Crippen molar-refractivity contribution < 1.29 is 14.1 Å². The minimum absolute atomic E-state index is 0.142. The fraction of sp³-hybridized carbons (Fsp3) is 0.190. The Morgan fingerprint density at radius 1 is 1.22 bits per heavy atom. The summed E-state index contributed by atoms with van der Waals surface area (Å²) in [7, 11) is 3.29. The Morgan fingerprint density at radius 3 is 2.74 bits per heavy atom. The maximum atomic E-state index is 12.3. The first-order chi connectivity index (χ1) is 13.0. The van der Waals surface area contributed by atoms with Gasteiger partial charge in [-0.25, -0.2) is 0 Å². The van der Waals surface area contributed by atoms with Crippen LogP contribution in [0.3, 0.4) is 0 Å². The molecule has 0 radical (unpaired) electrons. The third kappa shape index (κ3) is 4.82. The fourth-order valence-electron chi connectivity index (χ4n) is 2.45. The van der Waals surface area contributed by atoms with Crippen LogP contribution in [-0.2, 0) is 11.3 Å². The van der Waals surface area contributed by atoms with E-state index in [2.05, 4.69) is 10.1 Å². The first kappa shape index (κ1) is 18.4. The van der Waals surface area contributed by atoms with Gasteiger partial charge in [-0.15, -0.1) is 0 Å². The van der Waals surface area contributed by atoms with Crippen molar-refractivity contribution in [2.24, 2.45) is 0 Å². The highest BCUT2D eigenvalue weighted by atomic mass is 16.5. The minimum Gasteiger partial charge on any atom is -0.497 e. The van der Waals surface area contributed by atoms with E-state index in [0.29, 0.717) is 17.5 Å². The molecule has 0 bridgehead atoms. The maximum absolute atomic E-state index is 12.3. The van der Waals surface area contributed by atoms with Crippen molar-refractivity contribution in [2.45, 2.75) is 13.5 Å². The molecule has 1 amide bonds. The molecule has 138 valence electrons. The van der Waals surface area contributed by atoms with Crippen LogP contribution in [0.5, 0.6) is 5.75 Å². The smallest absolute Gasteiger partial charge is 0.246 e. The SMILES string of the molecule is COc1cccc(-c2noc(CN(C)C(=O)/C=C/c3ccc(C)cc3)n2)c1. The van der Waals surface area contributed by atoms with Gasteiger partial charge in [0.05, 0.1) is 13.7 Å². The van der Waals surface area contributed by atoms with Crippen LogP contribution in [-0.4, -0.2) is 35.1 Å². The van der Waals surface area contributed by atoms with Gasteiger partial charge in [0.2, 0.25) is 17.6 Å². The van der Waals surface area contributed by atoms with E-state index in [1.54, 1.807) is 20.2 Å². The highest BCUT2D eigenvalue weighted by molar-refractivity contribution is 5.91. The molecule has 0 unspecified atom stereocenters. The molecule has 0 saturated heterocycles. The number of carbonyl (C=O) groups excluding carboxylic acids is 1. The molecule has 0 spiro atoms. The monoisotopic (exact) mass is 363 g/mol. The molecule has 0 N–H and O–H groups in total. The standard InChI is InChI=1S/C21H21N3O3/c1-15-7-9-16(10-8-15)11-12-20(25)24(2)14-19-22-21(23-27-19)17-5-4-6-18(13-17)26-3/h4-13H,14H2,1-3H3/b12-11+. The summed E-state index contributed by atoms with van der Waals surface area (Å²) >= 11 is 0. The van der Waals surface area contributed by atoms with Gasteiger partial charge in [-0.1, -0.05) is 47.1 Å². The zero-order chi connectivity index (χ0) is 19.2. The Balaban J connectivity index is 1.63. The summed E-state index contributed by atoms with van der Waals surface area (Å²) < 4.78 is 10.5. The lowest BCUT2D eigenvalue weighted by atomic mass is 10.1. The number of likely N-dealkylation sites (N-methyl/N-ethyl adjacent to an activating group) is 1. The van der Waals surface area contributed by atoms with E-state index in [4.69, 9.17) is 9.26 Å². The molecule has 1 aromatic heterocycles. The molecule has 0 aliphatic rings. The van der Waals surface area contributed by atoms with Crippen LogP contribution < -0.4 is 4.74 Å². The lowest BCUT2D eigenvalue weighted by molar-refractivity contribution is -0.125. The van der Waals surface area contributed by atoms with Gasteiger partial charge in [0.25, 0.3) is 0 Å². The van der Waals surface area contributed by atoms with Gasteiger partial charge in [-0.2, -0.15) is 4.98 Å². The molecule has 1 heterocycles. The molecule has 0 aliphatic heterocycles. The van der Waals surface area contributed by atoms with Crippen molar-refractivity contribution in [1.82, 2.24) is 15.0 Å². The first-order valence-electron chi connectivity index (χ1n) is 8.52. The summed E-state index contributed by atoms with van der Waals surface area (Å²) in [4.78, 5) is 18.2. The van der Waals surface area contributed by atoms with Gasteiger partial charge in [0.15, 0.2) is 0 Å². The Morgan fingerprint density at radius 2 is 2.00 bits per heavy atom. The molecule has 3 aromatic rings. The molecule has 27 heavy (non-hydrogen) atoms. The van der Waals surface area contributed by atoms with E-state index in [-0.39, 0.29) is 12.5 Å². The van der Waals surface area contributed by atoms with Crippen molar-refractivity contribution in [2.75, 3.05) is 14.2 Å². The molecule has 2 aromatic carbocycles. The van der Waals surface area contributed by atoms with E-state index in [1.807, 2.05) is 55.5 Å². The van der Waals surface area contributed by atoms with Gasteiger partial charge < -0.3 is 14.2 Å². The van der Waals surface area contributed by atoms with Crippen molar-refractivity contribution in [3.05, 3.63) is 71.6 Å². The number of nitrogens with zero attached hydrogens (tertiary/aromatic N) is 3. The summed E-state index contributed by atoms with van der Waals surface area (Å²) in [6.07, 6.45) is 3.32. The third-order valence-electron chi connectivity index (χ3n) is 4.04. The Labute approximate surface area is 158 Å². The van der Waals surface area contributed by atoms with E-state index in [9.17, 15) is 4.79 Å². The van der Waals surface area contributed by atoms with Crippen LogP contribution in [0.25, 0.3) is 17.5 Å². The van der Waals surface area contributed by atoms with E-state index in [1.165, 1.54) is 16.5 Å². The molecule has 0 atom stereocenters. The number of aromatic nitrogens is 2. The number of hydrogen-bond donors (Lipinski definition) is 0. The second-order valence-electron chi connectivity index (χ2n) is 6.18. The van der Waals surface area contributed by atoms with Gasteiger partial charge in [-0.05, 0) is 30.7 Å². The average molecular weight is 363 g/mol. The summed E-state index contributed by atoms with van der Waals surface area (Å²) in [6, 6.07) is 15.4. The summed E-state index contributed by atoms with van der Waals surface area (Å²) in [5, 5.41) is 3.98. The molecule has 6 heteroatoms. The van der Waals surface area contributed by atoms with Crippen molar-refractivity contribution in [3.8, 4) is 17.1 Å². The Hall–Kier alpha value is -3.41. The average Bonchev–Trinajstić information content (AvgIpc) is 3.15. The Bertz CT molecular complexity index is 945. The third-order valence-corrected chi connectivity index (χ3v) is 4.04. The summed E-state index contributed by atoms with van der Waals surface area (Å²) in [5.74, 6) is 1.40. The fourth-order valence-corrected chi connectivity index (χ4v) is 2.45. The lowest BCUT2D eigenvalue weighted by Gasteiger charge is -2.11. The topological polar surface area (TPSA) is 68.5 Å². The largest absolute Gasteiger partial charge is 0.497 e. The number of ether oxygens (including phenoxy) is 1. The molecular formula is C21H21N3O3. The van der Waals surface area contributed by atoms with Crippen molar-refractivity contribution in [1.29, 1.82) is 0 Å². The highest BCUT2D eigenvalue weighted by Gasteiger charge is 2.13. The van der Waals surface area contributed by atoms with Crippen LogP contribution in [0.2, 0.25) is 0 Å². The van der Waals surface area contributed by atoms with Crippen molar-refractivity contribution >= 4 is 12.0 Å². The zero-order valence-corrected chi connectivity index (χ0v) is 15.5. The molecule has 0 saturated carbocycles. The normalized spacial score (nSPS) is 10.9. The predicted molar refractivity (Wildman–Crippen MR) is 103 cm³/mol. The molecule has 6 nitrogen and oxygen atoms in total. The molecule has 0 fully saturated rings. The predicted octanol–water partition coefficient (Wildman–Crippen LogP) is 3.73. The van der Waals surface area contributed by atoms with E-state index < -0.39 is 0 Å². The van der Waals surface area contributed by atoms with Crippen molar-refractivity contribution in [3.63, 3.8) is 0 Å². The molecule has 3 rings (SSSR count). The summed E-state index contributed by atoms with van der Waals surface area (Å²) in [5.41, 5.74) is 2.94. The van der Waals surface area contributed by atoms with E-state index >= 15 is 0 Å². The minimum atomic E-state index is -0.142. The van der Waals surface area contributed by atoms with Crippen LogP contribution >= 0.6 is 0 Å². The lowest BCUT2D eigenvalue weighted by Crippen LogP contribution is -2.24. The summed E-state index contributed by atoms with van der Waals surface area (Å²) in [6.45, 7) is 2.25. The van der Waals surface area contributed by atoms with Crippen LogP contribution in [0.15, 0.2) is 59.1 Å². The number of carbonyl (C=O) groups is 1. The number of rotatable bonds is 6. The number of benzene rings is 2. The van der Waals surface area contributed by atoms with E-state index in [0.717, 1.165) is 11.1 Å². The van der Waals surface area contributed by atoms with Crippen LogP contribution in [0.1, 0.15) is 17.0 Å². The number of amides is 1. The number of aryl methyl sites for hydroxylation is 1. The van der Waals surface area contributed by atoms with Gasteiger partial charge >= 0.3 is 0 Å². The Kier molecular flexibility index (Phi) is 5.66. The first-order valence-corrected chi connectivity index (χ1v) is 8.52. The zero-order valence-electron chi connectivity index (χ0n) is 15.5. The molecular weight excluding hydrogens is 342 g/mol.